The van der Waals surface area contributed by atoms with Crippen molar-refractivity contribution < 1.29 is 19.8 Å². The lowest BCUT2D eigenvalue weighted by Gasteiger charge is -2.14. The Labute approximate surface area is 151 Å². The third kappa shape index (κ3) is 6.23. The molecule has 8 heteroatoms. The van der Waals surface area contributed by atoms with Gasteiger partial charge in [0.15, 0.2) is 0 Å². The number of carbonyl (C=O) groups is 2. The van der Waals surface area contributed by atoms with Gasteiger partial charge >= 0.3 is 11.9 Å². The van der Waals surface area contributed by atoms with Crippen molar-refractivity contribution in [1.82, 2.24) is 20.6 Å². The molecule has 4 heterocycles. The third-order valence-electron chi connectivity index (χ3n) is 3.86. The Balaban J connectivity index is 0.000000146. The van der Waals surface area contributed by atoms with Gasteiger partial charge in [0.05, 0.1) is 0 Å². The van der Waals surface area contributed by atoms with Gasteiger partial charge in [0, 0.05) is 62.8 Å². The molecule has 4 rings (SSSR count). The first-order chi connectivity index (χ1) is 12.6. The van der Waals surface area contributed by atoms with Crippen LogP contribution in [0.3, 0.4) is 0 Å². The van der Waals surface area contributed by atoms with Gasteiger partial charge in [-0.2, -0.15) is 0 Å². The molecule has 2 aliphatic heterocycles. The fourth-order valence-corrected chi connectivity index (χ4v) is 2.57. The zero-order chi connectivity index (χ0) is 18.8. The van der Waals surface area contributed by atoms with Crippen LogP contribution in [0, 0.1) is 0 Å². The van der Waals surface area contributed by atoms with Gasteiger partial charge in [-0.15, -0.1) is 0 Å². The molecule has 8 nitrogen and oxygen atoms in total. The summed E-state index contributed by atoms with van der Waals surface area (Å²) >= 11 is 0. The summed E-state index contributed by atoms with van der Waals surface area (Å²) in [5.74, 6) is -3.65. The van der Waals surface area contributed by atoms with Gasteiger partial charge in [0.25, 0.3) is 0 Å². The molecule has 0 saturated heterocycles. The predicted molar refractivity (Wildman–Crippen MR) is 94.6 cm³/mol. The molecule has 0 radical (unpaired) electrons. The lowest BCUT2D eigenvalue weighted by atomic mass is 10.1. The minimum absolute atomic E-state index is 0.989. The average Bonchev–Trinajstić information content (AvgIpc) is 2.69. The minimum Gasteiger partial charge on any atom is -0.473 e. The molecular formula is C18H22N4O4. The molecule has 0 unspecified atom stereocenters. The molecule has 0 saturated carbocycles. The van der Waals surface area contributed by atoms with Crippen LogP contribution in [0.2, 0.25) is 0 Å². The van der Waals surface area contributed by atoms with E-state index in [-0.39, 0.29) is 0 Å². The smallest absolute Gasteiger partial charge is 0.414 e. The van der Waals surface area contributed by atoms with Crippen LogP contribution in [0.1, 0.15) is 22.5 Å². The number of nitrogens with zero attached hydrogens (tertiary/aromatic N) is 2. The predicted octanol–water partition coefficient (Wildman–Crippen LogP) is 0.610. The van der Waals surface area contributed by atoms with Crippen molar-refractivity contribution in [3.8, 4) is 0 Å². The largest absolute Gasteiger partial charge is 0.473 e. The van der Waals surface area contributed by atoms with Crippen molar-refractivity contribution in [3.63, 3.8) is 0 Å². The molecule has 0 fully saturated rings. The van der Waals surface area contributed by atoms with Crippen molar-refractivity contribution in [2.75, 3.05) is 13.1 Å². The number of carboxylic acids is 2. The molecule has 26 heavy (non-hydrogen) atoms. The third-order valence-corrected chi connectivity index (χ3v) is 3.86. The number of fused-ring (bicyclic) bond motifs is 2. The molecule has 0 amide bonds. The first-order valence-corrected chi connectivity index (χ1v) is 8.31. The molecule has 0 aliphatic carbocycles. The average molecular weight is 358 g/mol. The molecule has 2 aromatic rings. The van der Waals surface area contributed by atoms with E-state index in [1.54, 1.807) is 0 Å². The molecule has 0 bridgehead atoms. The summed E-state index contributed by atoms with van der Waals surface area (Å²) in [7, 11) is 0. The number of aliphatic carboxylic acids is 2. The second-order valence-electron chi connectivity index (χ2n) is 5.68. The molecule has 0 spiro atoms. The van der Waals surface area contributed by atoms with Crippen LogP contribution < -0.4 is 10.6 Å². The van der Waals surface area contributed by atoms with Crippen molar-refractivity contribution in [2.24, 2.45) is 0 Å². The van der Waals surface area contributed by atoms with E-state index >= 15 is 0 Å². The normalized spacial score (nSPS) is 14.3. The van der Waals surface area contributed by atoms with Crippen LogP contribution in [0.5, 0.6) is 0 Å². The number of rotatable bonds is 0. The fraction of sp³-hybridized carbons (Fsp3) is 0.333. The number of hydrogen-bond donors (Lipinski definition) is 4. The van der Waals surface area contributed by atoms with Crippen LogP contribution >= 0.6 is 0 Å². The van der Waals surface area contributed by atoms with Crippen molar-refractivity contribution in [1.29, 1.82) is 0 Å². The molecule has 0 aromatic carbocycles. The maximum atomic E-state index is 9.10. The second-order valence-corrected chi connectivity index (χ2v) is 5.68. The topological polar surface area (TPSA) is 124 Å². The Morgan fingerprint density at radius 1 is 0.808 bits per heavy atom. The van der Waals surface area contributed by atoms with E-state index in [0.717, 1.165) is 39.0 Å². The lowest BCUT2D eigenvalue weighted by molar-refractivity contribution is -0.159. The van der Waals surface area contributed by atoms with Gasteiger partial charge in [-0.05, 0) is 23.3 Å². The highest BCUT2D eigenvalue weighted by Gasteiger charge is 2.07. The second kappa shape index (κ2) is 10.2. The lowest BCUT2D eigenvalue weighted by Crippen LogP contribution is -2.24. The van der Waals surface area contributed by atoms with Gasteiger partial charge in [-0.3, -0.25) is 9.97 Å². The zero-order valence-electron chi connectivity index (χ0n) is 14.3. The van der Waals surface area contributed by atoms with Crippen molar-refractivity contribution >= 4 is 11.9 Å². The van der Waals surface area contributed by atoms with Gasteiger partial charge in [0.2, 0.25) is 0 Å². The highest BCUT2D eigenvalue weighted by Crippen LogP contribution is 2.09. The molecular weight excluding hydrogens is 336 g/mol. The summed E-state index contributed by atoms with van der Waals surface area (Å²) in [5, 5.41) is 21.4. The fourth-order valence-electron chi connectivity index (χ4n) is 2.57. The van der Waals surface area contributed by atoms with Crippen molar-refractivity contribution in [2.45, 2.75) is 25.9 Å². The van der Waals surface area contributed by atoms with Crippen LogP contribution in [0.4, 0.5) is 0 Å². The summed E-state index contributed by atoms with van der Waals surface area (Å²) in [6.45, 7) is 4.13. The number of carboxylic acid groups (broad SMARTS) is 2. The standard InChI is InChI=1S/2C8H10N2.C2H2O4/c2*1-2-7-6-9-5-3-8(7)10-4-1;3-1(4)2(5)6/h2*1-2,4,9H,3,5-6H2;(H,3,4)(H,5,6). The summed E-state index contributed by atoms with van der Waals surface area (Å²) in [4.78, 5) is 26.8. The summed E-state index contributed by atoms with van der Waals surface area (Å²) in [6.07, 6.45) is 5.89. The van der Waals surface area contributed by atoms with E-state index in [9.17, 15) is 0 Å². The quantitative estimate of drug-likeness (QED) is 0.505. The van der Waals surface area contributed by atoms with E-state index in [4.69, 9.17) is 19.8 Å². The Morgan fingerprint density at radius 3 is 1.58 bits per heavy atom. The SMILES string of the molecule is O=C(O)C(=O)O.c1cnc2c(c1)CNCC2.c1cnc2c(c1)CNCC2. The van der Waals surface area contributed by atoms with E-state index in [1.807, 2.05) is 24.5 Å². The molecule has 2 aliphatic rings. The van der Waals surface area contributed by atoms with E-state index in [1.165, 1.54) is 22.5 Å². The number of aromatic nitrogens is 2. The van der Waals surface area contributed by atoms with E-state index in [2.05, 4.69) is 32.7 Å². The summed E-state index contributed by atoms with van der Waals surface area (Å²) in [5.41, 5.74) is 5.24. The Bertz CT molecular complexity index is 638. The summed E-state index contributed by atoms with van der Waals surface area (Å²) < 4.78 is 0. The van der Waals surface area contributed by atoms with E-state index in [0.29, 0.717) is 0 Å². The number of hydrogen-bond acceptors (Lipinski definition) is 6. The van der Waals surface area contributed by atoms with Gasteiger partial charge in [-0.1, -0.05) is 12.1 Å². The van der Waals surface area contributed by atoms with Gasteiger partial charge in [0.1, 0.15) is 0 Å². The summed E-state index contributed by atoms with van der Waals surface area (Å²) in [6, 6.07) is 8.25. The van der Waals surface area contributed by atoms with Crippen molar-refractivity contribution in [3.05, 3.63) is 59.2 Å². The first-order valence-electron chi connectivity index (χ1n) is 8.31. The molecule has 4 N–H and O–H groups in total. The van der Waals surface area contributed by atoms with E-state index < -0.39 is 11.9 Å². The van der Waals surface area contributed by atoms with Crippen LogP contribution in [0.25, 0.3) is 0 Å². The monoisotopic (exact) mass is 358 g/mol. The molecule has 2 aromatic heterocycles. The Kier molecular flexibility index (Phi) is 7.66. The van der Waals surface area contributed by atoms with Gasteiger partial charge < -0.3 is 20.8 Å². The Hall–Kier alpha value is -2.84. The maximum Gasteiger partial charge on any atom is 0.414 e. The highest BCUT2D eigenvalue weighted by molar-refractivity contribution is 6.27. The molecule has 138 valence electrons. The van der Waals surface area contributed by atoms with Crippen LogP contribution in [-0.2, 0) is 35.5 Å². The highest BCUT2D eigenvalue weighted by atomic mass is 16.4. The Morgan fingerprint density at radius 2 is 1.23 bits per heavy atom. The van der Waals surface area contributed by atoms with Crippen LogP contribution in [-0.4, -0.2) is 45.2 Å². The van der Waals surface area contributed by atoms with Crippen LogP contribution in [0.15, 0.2) is 36.7 Å². The maximum absolute atomic E-state index is 9.10. The zero-order valence-corrected chi connectivity index (χ0v) is 14.3. The molecule has 0 atom stereocenters. The van der Waals surface area contributed by atoms with Gasteiger partial charge in [-0.25, -0.2) is 9.59 Å². The number of nitrogens with one attached hydrogen (secondary N) is 2. The minimum atomic E-state index is -1.82. The first kappa shape index (κ1) is 19.5. The number of pyridine rings is 2.